The second-order valence-corrected chi connectivity index (χ2v) is 4.73. The molecule has 0 aromatic carbocycles. The van der Waals surface area contributed by atoms with Gasteiger partial charge >= 0.3 is 0 Å². The van der Waals surface area contributed by atoms with Gasteiger partial charge in [0.2, 0.25) is 0 Å². The molecule has 0 aromatic heterocycles. The summed E-state index contributed by atoms with van der Waals surface area (Å²) in [5.41, 5.74) is -0.442. The summed E-state index contributed by atoms with van der Waals surface area (Å²) in [5, 5.41) is 0. The zero-order valence-corrected chi connectivity index (χ0v) is 11.3. The molecular formula is C13H26O2. The molecule has 0 aliphatic rings. The summed E-state index contributed by atoms with van der Waals surface area (Å²) in [6, 6.07) is 0. The molecule has 0 radical (unpaired) electrons. The minimum absolute atomic E-state index is 0.0589. The van der Waals surface area contributed by atoms with Crippen LogP contribution in [0.1, 0.15) is 48.0 Å². The normalized spacial score (nSPS) is 19.1. The molecule has 0 fully saturated rings. The van der Waals surface area contributed by atoms with Crippen LogP contribution in [0.5, 0.6) is 0 Å². The number of ether oxygens (including phenoxy) is 2. The van der Waals surface area contributed by atoms with E-state index in [-0.39, 0.29) is 17.3 Å². The molecule has 2 atom stereocenters. The molecule has 0 bridgehead atoms. The molecule has 2 nitrogen and oxygen atoms in total. The van der Waals surface area contributed by atoms with Crippen molar-refractivity contribution in [1.29, 1.82) is 0 Å². The van der Waals surface area contributed by atoms with Crippen molar-refractivity contribution < 1.29 is 9.47 Å². The summed E-state index contributed by atoms with van der Waals surface area (Å²) in [7, 11) is 1.72. The highest BCUT2D eigenvalue weighted by atomic mass is 16.6. The van der Waals surface area contributed by atoms with Crippen molar-refractivity contribution in [2.24, 2.45) is 0 Å². The van der Waals surface area contributed by atoms with Gasteiger partial charge in [0.05, 0.1) is 17.3 Å². The van der Waals surface area contributed by atoms with Crippen LogP contribution >= 0.6 is 0 Å². The van der Waals surface area contributed by atoms with E-state index in [1.807, 2.05) is 26.8 Å². The average molecular weight is 214 g/mol. The van der Waals surface area contributed by atoms with Gasteiger partial charge in [-0.15, -0.1) is 0 Å². The van der Waals surface area contributed by atoms with Crippen LogP contribution in [0.2, 0.25) is 0 Å². The molecule has 0 rings (SSSR count). The van der Waals surface area contributed by atoms with Gasteiger partial charge in [0, 0.05) is 7.11 Å². The first-order valence-corrected chi connectivity index (χ1v) is 5.68. The zero-order valence-electron chi connectivity index (χ0n) is 11.3. The van der Waals surface area contributed by atoms with Crippen molar-refractivity contribution in [2.45, 2.75) is 65.3 Å². The molecule has 0 aliphatic carbocycles. The summed E-state index contributed by atoms with van der Waals surface area (Å²) >= 11 is 0. The maximum atomic E-state index is 6.07. The Hall–Kier alpha value is -0.340. The quantitative estimate of drug-likeness (QED) is 0.629. The fraction of sp³-hybridized carbons (Fsp3) is 0.846. The molecule has 0 saturated carbocycles. The minimum atomic E-state index is -0.252. The van der Waals surface area contributed by atoms with Gasteiger partial charge in [-0.05, 0) is 41.0 Å². The highest BCUT2D eigenvalue weighted by molar-refractivity contribution is 4.98. The number of hydrogen-bond donors (Lipinski definition) is 0. The van der Waals surface area contributed by atoms with Crippen molar-refractivity contribution in [1.82, 2.24) is 0 Å². The molecule has 0 amide bonds. The van der Waals surface area contributed by atoms with Crippen LogP contribution in [0.15, 0.2) is 12.2 Å². The number of methoxy groups -OCH3 is 1. The predicted octanol–water partition coefficient (Wildman–Crippen LogP) is 3.56. The van der Waals surface area contributed by atoms with E-state index in [0.29, 0.717) is 0 Å². The van der Waals surface area contributed by atoms with Gasteiger partial charge in [0.25, 0.3) is 0 Å². The summed E-state index contributed by atoms with van der Waals surface area (Å²) in [6.45, 7) is 12.4. The van der Waals surface area contributed by atoms with E-state index in [4.69, 9.17) is 9.47 Å². The van der Waals surface area contributed by atoms with Gasteiger partial charge in [-0.1, -0.05) is 19.1 Å². The standard InChI is InChI=1S/C13H26O2/c1-8-10-13(6,9-2)15-11(3)12(4,5)14-7/h8,10-11H,9H2,1-7H3. The molecular weight excluding hydrogens is 188 g/mol. The lowest BCUT2D eigenvalue weighted by Gasteiger charge is -2.37. The van der Waals surface area contributed by atoms with E-state index in [0.717, 1.165) is 6.42 Å². The summed E-state index contributed by atoms with van der Waals surface area (Å²) in [5.74, 6) is 0. The molecule has 2 unspecified atom stereocenters. The smallest absolute Gasteiger partial charge is 0.0880 e. The second-order valence-electron chi connectivity index (χ2n) is 4.73. The van der Waals surface area contributed by atoms with Crippen molar-refractivity contribution >= 4 is 0 Å². The molecule has 0 N–H and O–H groups in total. The maximum absolute atomic E-state index is 6.07. The van der Waals surface area contributed by atoms with Gasteiger partial charge in [-0.25, -0.2) is 0 Å². The SMILES string of the molecule is CC=CC(C)(CC)OC(C)C(C)(C)OC. The molecule has 0 aliphatic heterocycles. The van der Waals surface area contributed by atoms with E-state index in [9.17, 15) is 0 Å². The van der Waals surface area contributed by atoms with Gasteiger partial charge in [0.15, 0.2) is 0 Å². The van der Waals surface area contributed by atoms with Crippen LogP contribution in [0.3, 0.4) is 0 Å². The summed E-state index contributed by atoms with van der Waals surface area (Å²) in [6.07, 6.45) is 5.16. The Bertz CT molecular complexity index is 209. The third-order valence-electron chi connectivity index (χ3n) is 3.17. The molecule has 15 heavy (non-hydrogen) atoms. The fourth-order valence-electron chi connectivity index (χ4n) is 1.30. The average Bonchev–Trinajstić information content (AvgIpc) is 2.18. The van der Waals surface area contributed by atoms with Crippen molar-refractivity contribution in [3.05, 3.63) is 12.2 Å². The van der Waals surface area contributed by atoms with E-state index >= 15 is 0 Å². The molecule has 0 saturated heterocycles. The minimum Gasteiger partial charge on any atom is -0.376 e. The van der Waals surface area contributed by atoms with Crippen molar-refractivity contribution in [2.75, 3.05) is 7.11 Å². The van der Waals surface area contributed by atoms with Gasteiger partial charge in [-0.3, -0.25) is 0 Å². The van der Waals surface area contributed by atoms with Crippen LogP contribution in [0.4, 0.5) is 0 Å². The van der Waals surface area contributed by atoms with Gasteiger partial charge in [-0.2, -0.15) is 0 Å². The third-order valence-corrected chi connectivity index (χ3v) is 3.17. The van der Waals surface area contributed by atoms with E-state index < -0.39 is 0 Å². The Balaban J connectivity index is 4.56. The first kappa shape index (κ1) is 14.7. The Morgan fingerprint density at radius 2 is 1.80 bits per heavy atom. The highest BCUT2D eigenvalue weighted by Gasteiger charge is 2.31. The third kappa shape index (κ3) is 4.35. The van der Waals surface area contributed by atoms with Crippen LogP contribution < -0.4 is 0 Å². The highest BCUT2D eigenvalue weighted by Crippen LogP contribution is 2.25. The van der Waals surface area contributed by atoms with Crippen LogP contribution in [0.25, 0.3) is 0 Å². The van der Waals surface area contributed by atoms with Crippen LogP contribution in [-0.4, -0.2) is 24.4 Å². The number of hydrogen-bond acceptors (Lipinski definition) is 2. The van der Waals surface area contributed by atoms with Crippen LogP contribution in [-0.2, 0) is 9.47 Å². The summed E-state index contributed by atoms with van der Waals surface area (Å²) in [4.78, 5) is 0. The van der Waals surface area contributed by atoms with Gasteiger partial charge < -0.3 is 9.47 Å². The lowest BCUT2D eigenvalue weighted by molar-refractivity contribution is -0.146. The first-order valence-electron chi connectivity index (χ1n) is 5.68. The molecule has 2 heteroatoms. The number of rotatable bonds is 6. The fourth-order valence-corrected chi connectivity index (χ4v) is 1.30. The Morgan fingerprint density at radius 3 is 2.13 bits per heavy atom. The second kappa shape index (κ2) is 5.66. The Labute approximate surface area is 94.7 Å². The largest absolute Gasteiger partial charge is 0.376 e. The molecule has 0 aromatic rings. The number of allylic oxidation sites excluding steroid dienone is 1. The zero-order chi connectivity index (χ0) is 12.1. The molecule has 90 valence electrons. The Kier molecular flexibility index (Phi) is 5.54. The maximum Gasteiger partial charge on any atom is 0.0880 e. The van der Waals surface area contributed by atoms with E-state index in [1.165, 1.54) is 0 Å². The van der Waals surface area contributed by atoms with Crippen LogP contribution in [0, 0.1) is 0 Å². The Morgan fingerprint density at radius 1 is 1.27 bits per heavy atom. The van der Waals surface area contributed by atoms with E-state index in [1.54, 1.807) is 7.11 Å². The van der Waals surface area contributed by atoms with Crippen molar-refractivity contribution in [3.8, 4) is 0 Å². The topological polar surface area (TPSA) is 18.5 Å². The van der Waals surface area contributed by atoms with Gasteiger partial charge in [0.1, 0.15) is 0 Å². The molecule has 0 spiro atoms. The lowest BCUT2D eigenvalue weighted by atomic mass is 9.98. The summed E-state index contributed by atoms with van der Waals surface area (Å²) < 4.78 is 11.5. The monoisotopic (exact) mass is 214 g/mol. The molecule has 0 heterocycles. The predicted molar refractivity (Wildman–Crippen MR) is 65.1 cm³/mol. The lowest BCUT2D eigenvalue weighted by Crippen LogP contribution is -2.43. The van der Waals surface area contributed by atoms with E-state index in [2.05, 4.69) is 26.8 Å². The first-order chi connectivity index (χ1) is 6.81. The van der Waals surface area contributed by atoms with Crippen molar-refractivity contribution in [3.63, 3.8) is 0 Å².